The molecule has 2 heterocycles. The number of aryl methyl sites for hydroxylation is 1. The van der Waals surface area contributed by atoms with E-state index in [4.69, 9.17) is 5.11 Å². The van der Waals surface area contributed by atoms with E-state index in [-0.39, 0.29) is 5.56 Å². The average molecular weight is 266 g/mol. The van der Waals surface area contributed by atoms with Crippen molar-refractivity contribution in [3.05, 3.63) is 71.2 Å². The molecule has 2 aromatic heterocycles. The maximum Gasteiger partial charge on any atom is 0.339 e. The highest BCUT2D eigenvalue weighted by Gasteiger charge is 2.11. The van der Waals surface area contributed by atoms with Gasteiger partial charge in [-0.05, 0) is 24.6 Å². The molecule has 4 heteroatoms. The zero-order valence-electron chi connectivity index (χ0n) is 11.1. The number of carboxylic acid groups (broad SMARTS) is 1. The second-order valence-corrected chi connectivity index (χ2v) is 4.85. The maximum atomic E-state index is 11.2. The summed E-state index contributed by atoms with van der Waals surface area (Å²) in [5, 5.41) is 9.16. The van der Waals surface area contributed by atoms with Crippen LogP contribution in [-0.2, 0) is 6.42 Å². The Morgan fingerprint density at radius 2 is 2.00 bits per heavy atom. The molecule has 0 aliphatic carbocycles. The second-order valence-electron chi connectivity index (χ2n) is 4.85. The van der Waals surface area contributed by atoms with E-state index in [2.05, 4.69) is 29.2 Å². The lowest BCUT2D eigenvalue weighted by molar-refractivity contribution is 0.0698. The number of carboxylic acids is 1. The van der Waals surface area contributed by atoms with Crippen LogP contribution in [0.3, 0.4) is 0 Å². The summed E-state index contributed by atoms with van der Waals surface area (Å²) in [6.45, 7) is 2.05. The number of benzene rings is 1. The lowest BCUT2D eigenvalue weighted by Crippen LogP contribution is -1.99. The van der Waals surface area contributed by atoms with Crippen LogP contribution < -0.4 is 0 Å². The first-order valence-corrected chi connectivity index (χ1v) is 6.39. The summed E-state index contributed by atoms with van der Waals surface area (Å²) in [5.41, 5.74) is 3.96. The van der Waals surface area contributed by atoms with Crippen LogP contribution >= 0.6 is 0 Å². The number of rotatable bonds is 3. The van der Waals surface area contributed by atoms with Gasteiger partial charge in [0.1, 0.15) is 5.56 Å². The van der Waals surface area contributed by atoms with Crippen molar-refractivity contribution in [3.8, 4) is 0 Å². The highest BCUT2D eigenvalue weighted by Crippen LogP contribution is 2.14. The molecule has 0 radical (unpaired) electrons. The third-order valence-electron chi connectivity index (χ3n) is 3.27. The molecular weight excluding hydrogens is 252 g/mol. The number of hydrogen-bond acceptors (Lipinski definition) is 2. The first kappa shape index (κ1) is 12.4. The third kappa shape index (κ3) is 2.28. The Hall–Kier alpha value is -2.62. The normalized spacial score (nSPS) is 10.8. The average Bonchev–Trinajstić information content (AvgIpc) is 2.83. The predicted octanol–water partition coefficient (Wildman–Crippen LogP) is 2.93. The molecule has 0 saturated carbocycles. The minimum atomic E-state index is -0.955. The molecule has 0 atom stereocenters. The molecule has 20 heavy (non-hydrogen) atoms. The number of pyridine rings is 1. The SMILES string of the molecule is Cc1ccc(Cc2cn3cccc(C(=O)O)c3n2)cc1. The Labute approximate surface area is 116 Å². The number of nitrogens with zero attached hydrogens (tertiary/aromatic N) is 2. The number of aromatic carboxylic acids is 1. The molecule has 3 rings (SSSR count). The first-order valence-electron chi connectivity index (χ1n) is 6.39. The van der Waals surface area contributed by atoms with E-state index in [0.29, 0.717) is 12.1 Å². The molecule has 0 unspecified atom stereocenters. The zero-order valence-corrected chi connectivity index (χ0v) is 11.1. The minimum absolute atomic E-state index is 0.225. The highest BCUT2D eigenvalue weighted by atomic mass is 16.4. The van der Waals surface area contributed by atoms with Crippen molar-refractivity contribution >= 4 is 11.6 Å². The van der Waals surface area contributed by atoms with Crippen molar-refractivity contribution in [3.63, 3.8) is 0 Å². The van der Waals surface area contributed by atoms with Gasteiger partial charge in [0.05, 0.1) is 5.69 Å². The van der Waals surface area contributed by atoms with E-state index in [1.54, 1.807) is 16.5 Å². The van der Waals surface area contributed by atoms with Crippen molar-refractivity contribution in [1.82, 2.24) is 9.38 Å². The summed E-state index contributed by atoms with van der Waals surface area (Å²) in [4.78, 5) is 15.6. The zero-order chi connectivity index (χ0) is 14.1. The molecule has 3 aromatic rings. The molecule has 0 spiro atoms. The Morgan fingerprint density at radius 3 is 2.70 bits per heavy atom. The second kappa shape index (κ2) is 4.81. The summed E-state index contributed by atoms with van der Waals surface area (Å²) in [6.07, 6.45) is 4.38. The first-order chi connectivity index (χ1) is 9.63. The Bertz CT molecular complexity index is 773. The standard InChI is InChI=1S/C16H14N2O2/c1-11-4-6-12(7-5-11)9-13-10-18-8-2-3-14(16(19)20)15(18)17-13/h2-8,10H,9H2,1H3,(H,19,20). The molecule has 4 nitrogen and oxygen atoms in total. The van der Waals surface area contributed by atoms with Crippen molar-refractivity contribution in [2.45, 2.75) is 13.3 Å². The van der Waals surface area contributed by atoms with Gasteiger partial charge < -0.3 is 9.51 Å². The van der Waals surface area contributed by atoms with Crippen LogP contribution in [0.2, 0.25) is 0 Å². The van der Waals surface area contributed by atoms with Crippen LogP contribution in [0.4, 0.5) is 0 Å². The van der Waals surface area contributed by atoms with Crippen LogP contribution in [-0.4, -0.2) is 20.5 Å². The molecule has 0 amide bonds. The fraction of sp³-hybridized carbons (Fsp3) is 0.125. The molecule has 0 saturated heterocycles. The van der Waals surface area contributed by atoms with Gasteiger partial charge in [0, 0.05) is 18.8 Å². The summed E-state index contributed by atoms with van der Waals surface area (Å²) >= 11 is 0. The van der Waals surface area contributed by atoms with Crippen molar-refractivity contribution < 1.29 is 9.90 Å². The van der Waals surface area contributed by atoms with Gasteiger partial charge in [-0.3, -0.25) is 0 Å². The van der Waals surface area contributed by atoms with Crippen molar-refractivity contribution in [2.75, 3.05) is 0 Å². The van der Waals surface area contributed by atoms with Crippen LogP contribution in [0, 0.1) is 6.92 Å². The largest absolute Gasteiger partial charge is 0.478 e. The molecule has 0 aliphatic heterocycles. The van der Waals surface area contributed by atoms with Gasteiger partial charge >= 0.3 is 5.97 Å². The van der Waals surface area contributed by atoms with E-state index in [9.17, 15) is 4.79 Å². The van der Waals surface area contributed by atoms with Crippen LogP contribution in [0.1, 0.15) is 27.2 Å². The Kier molecular flexibility index (Phi) is 2.99. The van der Waals surface area contributed by atoms with Gasteiger partial charge in [-0.2, -0.15) is 0 Å². The lowest BCUT2D eigenvalue weighted by atomic mass is 10.1. The number of fused-ring (bicyclic) bond motifs is 1. The fourth-order valence-corrected chi connectivity index (χ4v) is 2.23. The van der Waals surface area contributed by atoms with Crippen LogP contribution in [0.5, 0.6) is 0 Å². The molecular formula is C16H14N2O2. The predicted molar refractivity (Wildman–Crippen MR) is 76.1 cm³/mol. The maximum absolute atomic E-state index is 11.2. The van der Waals surface area contributed by atoms with Gasteiger partial charge in [0.15, 0.2) is 5.65 Å². The molecule has 1 aromatic carbocycles. The molecule has 100 valence electrons. The van der Waals surface area contributed by atoms with E-state index >= 15 is 0 Å². The lowest BCUT2D eigenvalue weighted by Gasteiger charge is -1.98. The number of imidazole rings is 1. The van der Waals surface area contributed by atoms with Gasteiger partial charge in [-0.15, -0.1) is 0 Å². The molecule has 0 bridgehead atoms. The Morgan fingerprint density at radius 1 is 1.25 bits per heavy atom. The van der Waals surface area contributed by atoms with E-state index in [1.807, 2.05) is 19.3 Å². The highest BCUT2D eigenvalue weighted by molar-refractivity contribution is 5.94. The number of carbonyl (C=O) groups is 1. The van der Waals surface area contributed by atoms with Gasteiger partial charge in [-0.1, -0.05) is 29.8 Å². The molecule has 0 fully saturated rings. The quantitative estimate of drug-likeness (QED) is 0.793. The Balaban J connectivity index is 1.99. The summed E-state index contributed by atoms with van der Waals surface area (Å²) in [6, 6.07) is 11.5. The van der Waals surface area contributed by atoms with Crippen molar-refractivity contribution in [1.29, 1.82) is 0 Å². The fourth-order valence-electron chi connectivity index (χ4n) is 2.23. The van der Waals surface area contributed by atoms with Gasteiger partial charge in [0.25, 0.3) is 0 Å². The molecule has 1 N–H and O–H groups in total. The van der Waals surface area contributed by atoms with Crippen LogP contribution in [0.25, 0.3) is 5.65 Å². The number of hydrogen-bond donors (Lipinski definition) is 1. The summed E-state index contributed by atoms with van der Waals surface area (Å²) in [7, 11) is 0. The third-order valence-corrected chi connectivity index (χ3v) is 3.27. The van der Waals surface area contributed by atoms with E-state index < -0.39 is 5.97 Å². The molecule has 0 aliphatic rings. The van der Waals surface area contributed by atoms with E-state index in [1.165, 1.54) is 5.56 Å². The minimum Gasteiger partial charge on any atom is -0.478 e. The van der Waals surface area contributed by atoms with Gasteiger partial charge in [0.2, 0.25) is 0 Å². The smallest absolute Gasteiger partial charge is 0.339 e. The topological polar surface area (TPSA) is 54.6 Å². The van der Waals surface area contributed by atoms with E-state index in [0.717, 1.165) is 11.3 Å². The van der Waals surface area contributed by atoms with Gasteiger partial charge in [-0.25, -0.2) is 9.78 Å². The van der Waals surface area contributed by atoms with Crippen LogP contribution in [0.15, 0.2) is 48.8 Å². The summed E-state index contributed by atoms with van der Waals surface area (Å²) in [5.74, 6) is -0.955. The van der Waals surface area contributed by atoms with Crippen molar-refractivity contribution in [2.24, 2.45) is 0 Å². The number of aromatic nitrogens is 2. The summed E-state index contributed by atoms with van der Waals surface area (Å²) < 4.78 is 1.76. The monoisotopic (exact) mass is 266 g/mol.